The first-order valence-corrected chi connectivity index (χ1v) is 10.3. The van der Waals surface area contributed by atoms with Crippen LogP contribution in [0.5, 0.6) is 0 Å². The van der Waals surface area contributed by atoms with Crippen LogP contribution in [0, 0.1) is 0 Å². The fraction of sp³-hybridized carbons (Fsp3) is 0.636. The van der Waals surface area contributed by atoms with Gasteiger partial charge in [0.25, 0.3) is 0 Å². The SMILES string of the molecule is CN(C)C(=O)N1CCC2(CC1)C[C@@H](CC(=O)N1CCCC1)c1ccccc12. The molecule has 0 aromatic heterocycles. The molecule has 1 aromatic carbocycles. The summed E-state index contributed by atoms with van der Waals surface area (Å²) in [6.45, 7) is 3.47. The minimum Gasteiger partial charge on any atom is -0.343 e. The molecule has 3 aliphatic rings. The molecule has 1 aromatic rings. The van der Waals surface area contributed by atoms with Gasteiger partial charge in [-0.25, -0.2) is 4.79 Å². The molecule has 2 saturated heterocycles. The summed E-state index contributed by atoms with van der Waals surface area (Å²) in [6.07, 6.45) is 5.98. The lowest BCUT2D eigenvalue weighted by molar-refractivity contribution is -0.130. The number of rotatable bonds is 2. The van der Waals surface area contributed by atoms with E-state index in [1.807, 2.05) is 23.9 Å². The van der Waals surface area contributed by atoms with Crippen molar-refractivity contribution in [2.75, 3.05) is 40.3 Å². The molecule has 3 amide bonds. The summed E-state index contributed by atoms with van der Waals surface area (Å²) in [5.41, 5.74) is 2.94. The van der Waals surface area contributed by atoms with Crippen molar-refractivity contribution in [2.45, 2.75) is 49.9 Å². The molecule has 5 nitrogen and oxygen atoms in total. The predicted octanol–water partition coefficient (Wildman–Crippen LogP) is 3.20. The Morgan fingerprint density at radius 3 is 2.37 bits per heavy atom. The fourth-order valence-corrected chi connectivity index (χ4v) is 5.40. The molecule has 1 atom stereocenters. The van der Waals surface area contributed by atoms with Crippen LogP contribution >= 0.6 is 0 Å². The van der Waals surface area contributed by atoms with E-state index < -0.39 is 0 Å². The first kappa shape index (κ1) is 18.3. The Morgan fingerprint density at radius 1 is 1.04 bits per heavy atom. The zero-order valence-electron chi connectivity index (χ0n) is 16.6. The van der Waals surface area contributed by atoms with E-state index in [0.717, 1.165) is 58.3 Å². The van der Waals surface area contributed by atoms with Crippen molar-refractivity contribution in [1.29, 1.82) is 0 Å². The number of piperidine rings is 1. The van der Waals surface area contributed by atoms with Crippen LogP contribution in [-0.4, -0.2) is 66.9 Å². The average Bonchev–Trinajstić information content (AvgIpc) is 3.30. The highest BCUT2D eigenvalue weighted by Gasteiger charge is 2.46. The summed E-state index contributed by atoms with van der Waals surface area (Å²) in [4.78, 5) is 30.8. The second kappa shape index (κ2) is 7.17. The van der Waals surface area contributed by atoms with E-state index in [4.69, 9.17) is 0 Å². The number of nitrogens with zero attached hydrogens (tertiary/aromatic N) is 3. The fourth-order valence-electron chi connectivity index (χ4n) is 5.40. The summed E-state index contributed by atoms with van der Waals surface area (Å²) in [5.74, 6) is 0.648. The maximum Gasteiger partial charge on any atom is 0.319 e. The third-order valence-corrected chi connectivity index (χ3v) is 6.86. The van der Waals surface area contributed by atoms with Crippen LogP contribution in [0.25, 0.3) is 0 Å². The number of carbonyl (C=O) groups excluding carboxylic acids is 2. The molecular weight excluding hydrogens is 338 g/mol. The molecule has 0 bridgehead atoms. The van der Waals surface area contributed by atoms with Gasteiger partial charge in [-0.1, -0.05) is 24.3 Å². The quantitative estimate of drug-likeness (QED) is 0.803. The highest BCUT2D eigenvalue weighted by atomic mass is 16.2. The summed E-state index contributed by atoms with van der Waals surface area (Å²) >= 11 is 0. The molecular formula is C22H31N3O2. The maximum atomic E-state index is 12.8. The van der Waals surface area contributed by atoms with Gasteiger partial charge in [-0.2, -0.15) is 0 Å². The van der Waals surface area contributed by atoms with Gasteiger partial charge in [-0.05, 0) is 54.6 Å². The normalized spacial score (nSPS) is 23.6. The van der Waals surface area contributed by atoms with Crippen molar-refractivity contribution in [2.24, 2.45) is 0 Å². The Morgan fingerprint density at radius 2 is 1.70 bits per heavy atom. The molecule has 1 aliphatic carbocycles. The molecule has 0 radical (unpaired) electrons. The molecule has 146 valence electrons. The van der Waals surface area contributed by atoms with E-state index in [0.29, 0.717) is 18.2 Å². The summed E-state index contributed by atoms with van der Waals surface area (Å²) in [6, 6.07) is 8.83. The van der Waals surface area contributed by atoms with Crippen LogP contribution in [0.15, 0.2) is 24.3 Å². The highest BCUT2D eigenvalue weighted by Crippen LogP contribution is 2.52. The molecule has 5 heteroatoms. The zero-order chi connectivity index (χ0) is 19.0. The number of hydrogen-bond donors (Lipinski definition) is 0. The molecule has 1 spiro atoms. The van der Waals surface area contributed by atoms with Crippen molar-refractivity contribution >= 4 is 11.9 Å². The minimum absolute atomic E-state index is 0.108. The third-order valence-electron chi connectivity index (χ3n) is 6.86. The standard InChI is InChI=1S/C22H31N3O2/c1-23(2)21(27)25-13-9-22(10-14-25)16-17(18-7-3-4-8-19(18)22)15-20(26)24-11-5-6-12-24/h3-4,7-8,17H,5-6,9-16H2,1-2H3/t17-/m1/s1. The van der Waals surface area contributed by atoms with Gasteiger partial charge in [0.2, 0.25) is 5.91 Å². The Balaban J connectivity index is 1.50. The van der Waals surface area contributed by atoms with E-state index in [1.54, 1.807) is 4.90 Å². The van der Waals surface area contributed by atoms with Gasteiger partial charge in [-0.3, -0.25) is 4.79 Å². The topological polar surface area (TPSA) is 43.9 Å². The number of urea groups is 1. The highest BCUT2D eigenvalue weighted by molar-refractivity contribution is 5.78. The molecule has 0 saturated carbocycles. The first-order valence-electron chi connectivity index (χ1n) is 10.3. The van der Waals surface area contributed by atoms with E-state index in [1.165, 1.54) is 11.1 Å². The van der Waals surface area contributed by atoms with Gasteiger partial charge in [-0.15, -0.1) is 0 Å². The number of likely N-dealkylation sites (tertiary alicyclic amines) is 2. The third kappa shape index (κ3) is 3.32. The largest absolute Gasteiger partial charge is 0.343 e. The maximum absolute atomic E-state index is 12.8. The second-order valence-electron chi connectivity index (χ2n) is 8.72. The molecule has 2 aliphatic heterocycles. The van der Waals surface area contributed by atoms with Crippen LogP contribution in [-0.2, 0) is 10.2 Å². The summed E-state index contributed by atoms with van der Waals surface area (Å²) in [7, 11) is 3.63. The van der Waals surface area contributed by atoms with Crippen LogP contribution in [0.3, 0.4) is 0 Å². The molecule has 0 unspecified atom stereocenters. The van der Waals surface area contributed by atoms with Crippen molar-refractivity contribution in [3.8, 4) is 0 Å². The zero-order valence-corrected chi connectivity index (χ0v) is 16.6. The van der Waals surface area contributed by atoms with Crippen LogP contribution in [0.2, 0.25) is 0 Å². The second-order valence-corrected chi connectivity index (χ2v) is 8.72. The molecule has 27 heavy (non-hydrogen) atoms. The van der Waals surface area contributed by atoms with E-state index in [2.05, 4.69) is 24.3 Å². The molecule has 4 rings (SSSR count). The summed E-state index contributed by atoms with van der Waals surface area (Å²) < 4.78 is 0. The molecule has 0 N–H and O–H groups in total. The number of benzene rings is 1. The van der Waals surface area contributed by atoms with Crippen molar-refractivity contribution in [1.82, 2.24) is 14.7 Å². The van der Waals surface area contributed by atoms with Gasteiger partial charge >= 0.3 is 6.03 Å². The van der Waals surface area contributed by atoms with Crippen molar-refractivity contribution in [3.05, 3.63) is 35.4 Å². The van der Waals surface area contributed by atoms with Gasteiger partial charge in [0, 0.05) is 46.7 Å². The van der Waals surface area contributed by atoms with Crippen molar-refractivity contribution < 1.29 is 9.59 Å². The Hall–Kier alpha value is -2.04. The Bertz CT molecular complexity index is 716. The predicted molar refractivity (Wildman–Crippen MR) is 106 cm³/mol. The minimum atomic E-state index is 0.108. The smallest absolute Gasteiger partial charge is 0.319 e. The number of hydrogen-bond acceptors (Lipinski definition) is 2. The van der Waals surface area contributed by atoms with Crippen molar-refractivity contribution in [3.63, 3.8) is 0 Å². The first-order chi connectivity index (χ1) is 13.0. The Labute approximate surface area is 162 Å². The van der Waals surface area contributed by atoms with Crippen LogP contribution in [0.1, 0.15) is 55.6 Å². The molecule has 2 fully saturated rings. The lowest BCUT2D eigenvalue weighted by Gasteiger charge is -2.41. The van der Waals surface area contributed by atoms with Crippen LogP contribution in [0.4, 0.5) is 4.79 Å². The van der Waals surface area contributed by atoms with E-state index >= 15 is 0 Å². The van der Waals surface area contributed by atoms with Gasteiger partial charge < -0.3 is 14.7 Å². The number of fused-ring (bicyclic) bond motifs is 2. The number of amides is 3. The summed E-state index contributed by atoms with van der Waals surface area (Å²) in [5, 5.41) is 0. The average molecular weight is 370 g/mol. The van der Waals surface area contributed by atoms with E-state index in [-0.39, 0.29) is 11.4 Å². The lowest BCUT2D eigenvalue weighted by Crippen LogP contribution is -2.47. The van der Waals surface area contributed by atoms with Gasteiger partial charge in [0.1, 0.15) is 0 Å². The van der Waals surface area contributed by atoms with Crippen LogP contribution < -0.4 is 0 Å². The van der Waals surface area contributed by atoms with Gasteiger partial charge in [0.15, 0.2) is 0 Å². The van der Waals surface area contributed by atoms with E-state index in [9.17, 15) is 9.59 Å². The monoisotopic (exact) mass is 369 g/mol. The number of carbonyl (C=O) groups is 2. The van der Waals surface area contributed by atoms with Gasteiger partial charge in [0.05, 0.1) is 0 Å². The Kier molecular flexibility index (Phi) is 4.87. The lowest BCUT2D eigenvalue weighted by atomic mass is 9.73. The molecule has 2 heterocycles.